The summed E-state index contributed by atoms with van der Waals surface area (Å²) >= 11 is 12.7. The number of hydrogen-bond acceptors (Lipinski definition) is 0. The summed E-state index contributed by atoms with van der Waals surface area (Å²) in [5.41, 5.74) is 1.37. The van der Waals surface area contributed by atoms with Crippen molar-refractivity contribution >= 4 is 27.8 Å². The van der Waals surface area contributed by atoms with E-state index in [-0.39, 0.29) is 0 Å². The molecular weight excluding hydrogens is 186 g/mol. The monoisotopic (exact) mass is 198 g/mol. The summed E-state index contributed by atoms with van der Waals surface area (Å²) in [4.78, 5) is 0. The van der Waals surface area contributed by atoms with Crippen molar-refractivity contribution in [2.24, 2.45) is 0 Å². The van der Waals surface area contributed by atoms with E-state index in [2.05, 4.69) is 19.9 Å². The second-order valence-electron chi connectivity index (χ2n) is 3.16. The van der Waals surface area contributed by atoms with Gasteiger partial charge in [0.05, 0.1) is 0 Å². The molecule has 1 rings (SSSR count). The van der Waals surface area contributed by atoms with E-state index in [4.69, 9.17) is 22.5 Å². The Hall–Kier alpha value is 0.750. The maximum atomic E-state index is 6.35. The third-order valence-electron chi connectivity index (χ3n) is 2.11. The Morgan fingerprint density at radius 1 is 1.60 bits per heavy atom. The molecule has 0 saturated carbocycles. The van der Waals surface area contributed by atoms with Crippen molar-refractivity contribution in [3.8, 4) is 0 Å². The molecule has 0 aromatic rings. The van der Waals surface area contributed by atoms with Gasteiger partial charge in [0.1, 0.15) is 0 Å². The summed E-state index contributed by atoms with van der Waals surface area (Å²) < 4.78 is 0. The first-order chi connectivity index (χ1) is 4.44. The second-order valence-corrected chi connectivity index (χ2v) is 13.2. The SMILES string of the molecule is CCP1(Cl)(Cl)CC=C(C)C1. The molecule has 0 aliphatic carbocycles. The summed E-state index contributed by atoms with van der Waals surface area (Å²) in [5.74, 6) is 0. The van der Waals surface area contributed by atoms with Crippen molar-refractivity contribution in [2.45, 2.75) is 13.8 Å². The zero-order valence-electron chi connectivity index (χ0n) is 6.40. The van der Waals surface area contributed by atoms with Crippen LogP contribution in [0.25, 0.3) is 0 Å². The predicted octanol–water partition coefficient (Wildman–Crippen LogP) is 3.83. The molecule has 1 aliphatic heterocycles. The quantitative estimate of drug-likeness (QED) is 0.444. The van der Waals surface area contributed by atoms with Crippen LogP contribution >= 0.6 is 27.8 Å². The predicted molar refractivity (Wildman–Crippen MR) is 52.7 cm³/mol. The molecular formula is C7H13Cl2P. The Morgan fingerprint density at radius 2 is 2.20 bits per heavy atom. The zero-order chi connectivity index (χ0) is 7.85. The van der Waals surface area contributed by atoms with Gasteiger partial charge in [0.25, 0.3) is 0 Å². The minimum absolute atomic E-state index is 0.928. The fraction of sp³-hybridized carbons (Fsp3) is 0.714. The van der Waals surface area contributed by atoms with E-state index in [1.807, 2.05) is 0 Å². The van der Waals surface area contributed by atoms with Gasteiger partial charge in [-0.05, 0) is 0 Å². The van der Waals surface area contributed by atoms with E-state index < -0.39 is 5.31 Å². The molecule has 1 heterocycles. The van der Waals surface area contributed by atoms with Crippen LogP contribution in [0.3, 0.4) is 0 Å². The van der Waals surface area contributed by atoms with E-state index >= 15 is 0 Å². The standard InChI is InChI=1S/C7H13Cl2P/c1-3-10(8,9)5-4-7(2)6-10/h4H,3,5-6H2,1-2H3. The molecule has 10 heavy (non-hydrogen) atoms. The van der Waals surface area contributed by atoms with E-state index in [9.17, 15) is 0 Å². The zero-order valence-corrected chi connectivity index (χ0v) is 8.81. The Labute approximate surface area is 72.1 Å². The van der Waals surface area contributed by atoms with Gasteiger partial charge in [-0.15, -0.1) is 0 Å². The van der Waals surface area contributed by atoms with Crippen LogP contribution in [0.1, 0.15) is 13.8 Å². The maximum absolute atomic E-state index is 6.35. The number of rotatable bonds is 1. The molecule has 0 radical (unpaired) electrons. The normalized spacial score (nSPS) is 32.4. The van der Waals surface area contributed by atoms with Gasteiger partial charge in [0, 0.05) is 0 Å². The van der Waals surface area contributed by atoms with Crippen LogP contribution in [-0.2, 0) is 0 Å². The second kappa shape index (κ2) is 2.37. The molecule has 1 aliphatic rings. The molecule has 0 amide bonds. The molecule has 0 spiro atoms. The summed E-state index contributed by atoms with van der Waals surface area (Å²) in [5, 5.41) is -2.23. The third kappa shape index (κ3) is 1.67. The van der Waals surface area contributed by atoms with Crippen molar-refractivity contribution in [1.82, 2.24) is 0 Å². The first kappa shape index (κ1) is 8.84. The molecule has 0 nitrogen and oxygen atoms in total. The Bertz CT molecular complexity index is 184. The molecule has 60 valence electrons. The van der Waals surface area contributed by atoms with Crippen molar-refractivity contribution in [3.05, 3.63) is 11.6 Å². The first-order valence-corrected chi connectivity index (χ1v) is 8.15. The summed E-state index contributed by atoms with van der Waals surface area (Å²) in [6.07, 6.45) is 5.01. The third-order valence-corrected chi connectivity index (χ3v) is 8.63. The summed E-state index contributed by atoms with van der Waals surface area (Å²) in [6.45, 7) is 4.19. The van der Waals surface area contributed by atoms with Gasteiger partial charge < -0.3 is 0 Å². The van der Waals surface area contributed by atoms with Crippen molar-refractivity contribution in [2.75, 3.05) is 18.5 Å². The first-order valence-electron chi connectivity index (χ1n) is 3.54. The molecule has 0 bridgehead atoms. The van der Waals surface area contributed by atoms with E-state index in [1.54, 1.807) is 0 Å². The average molecular weight is 199 g/mol. The van der Waals surface area contributed by atoms with Gasteiger partial charge in [0.15, 0.2) is 0 Å². The van der Waals surface area contributed by atoms with Crippen LogP contribution in [0, 0.1) is 0 Å². The topological polar surface area (TPSA) is 0 Å². The van der Waals surface area contributed by atoms with Gasteiger partial charge in [-0.25, -0.2) is 0 Å². The minimum atomic E-state index is -2.23. The molecule has 0 unspecified atom stereocenters. The van der Waals surface area contributed by atoms with E-state index in [0.717, 1.165) is 18.5 Å². The Balaban J connectivity index is 2.77. The summed E-state index contributed by atoms with van der Waals surface area (Å²) in [7, 11) is 0. The van der Waals surface area contributed by atoms with Crippen molar-refractivity contribution < 1.29 is 0 Å². The van der Waals surface area contributed by atoms with Crippen LogP contribution in [0.15, 0.2) is 11.6 Å². The van der Waals surface area contributed by atoms with Crippen LogP contribution in [-0.4, -0.2) is 18.5 Å². The fourth-order valence-electron chi connectivity index (χ4n) is 1.27. The van der Waals surface area contributed by atoms with Gasteiger partial charge in [-0.2, -0.15) is 0 Å². The van der Waals surface area contributed by atoms with Crippen molar-refractivity contribution in [1.29, 1.82) is 0 Å². The Morgan fingerprint density at radius 3 is 2.40 bits per heavy atom. The number of halogens is 2. The van der Waals surface area contributed by atoms with Crippen molar-refractivity contribution in [3.63, 3.8) is 0 Å². The average Bonchev–Trinajstić information content (AvgIpc) is 2.10. The van der Waals surface area contributed by atoms with Gasteiger partial charge in [0.2, 0.25) is 0 Å². The molecule has 0 aromatic carbocycles. The molecule has 0 atom stereocenters. The number of hydrogen-bond donors (Lipinski definition) is 0. The molecule has 0 N–H and O–H groups in total. The van der Waals surface area contributed by atoms with Gasteiger partial charge >= 0.3 is 71.8 Å². The summed E-state index contributed by atoms with van der Waals surface area (Å²) in [6, 6.07) is 0. The Kier molecular flexibility index (Phi) is 2.10. The molecule has 0 aromatic heterocycles. The number of allylic oxidation sites excluding steroid dienone is 2. The van der Waals surface area contributed by atoms with Crippen LogP contribution in [0.5, 0.6) is 0 Å². The molecule has 0 saturated heterocycles. The van der Waals surface area contributed by atoms with E-state index in [1.165, 1.54) is 5.57 Å². The molecule has 0 fully saturated rings. The fourth-order valence-corrected chi connectivity index (χ4v) is 5.34. The van der Waals surface area contributed by atoms with E-state index in [0.29, 0.717) is 0 Å². The van der Waals surface area contributed by atoms with Crippen LogP contribution < -0.4 is 0 Å². The van der Waals surface area contributed by atoms with Gasteiger partial charge in [-0.3, -0.25) is 0 Å². The van der Waals surface area contributed by atoms with Crippen LogP contribution in [0.4, 0.5) is 0 Å². The van der Waals surface area contributed by atoms with Crippen LogP contribution in [0.2, 0.25) is 0 Å². The molecule has 3 heteroatoms. The van der Waals surface area contributed by atoms with Gasteiger partial charge in [-0.1, -0.05) is 0 Å².